The number of likely N-dealkylation sites (tertiary alicyclic amines) is 1. The minimum atomic E-state index is -0.403. The van der Waals surface area contributed by atoms with Crippen LogP contribution in [0.25, 0.3) is 0 Å². The number of carbonyl (C=O) groups excluding carboxylic acids is 2. The molecule has 0 radical (unpaired) electrons. The number of methoxy groups -OCH3 is 2. The normalized spacial score (nSPS) is 15.6. The van der Waals surface area contributed by atoms with Gasteiger partial charge in [0, 0.05) is 29.7 Å². The van der Waals surface area contributed by atoms with Gasteiger partial charge in [0.15, 0.2) is 16.3 Å². The highest BCUT2D eigenvalue weighted by Gasteiger charge is 2.25. The van der Waals surface area contributed by atoms with E-state index < -0.39 is 11.9 Å². The average Bonchev–Trinajstić information content (AvgIpc) is 3.36. The molecule has 8 heteroatoms. The summed E-state index contributed by atoms with van der Waals surface area (Å²) >= 11 is 1.39. The monoisotopic (exact) mass is 403 g/mol. The summed E-state index contributed by atoms with van der Waals surface area (Å²) in [6.45, 7) is 5.38. The van der Waals surface area contributed by atoms with Gasteiger partial charge in [-0.05, 0) is 44.9 Å². The first kappa shape index (κ1) is 20.1. The summed E-state index contributed by atoms with van der Waals surface area (Å²) in [6.07, 6.45) is 3.96. The van der Waals surface area contributed by atoms with Gasteiger partial charge in [-0.2, -0.15) is 4.99 Å². The Bertz CT molecular complexity index is 941. The van der Waals surface area contributed by atoms with Crippen molar-refractivity contribution in [3.8, 4) is 11.5 Å². The summed E-state index contributed by atoms with van der Waals surface area (Å²) < 4.78 is 12.3. The van der Waals surface area contributed by atoms with E-state index in [2.05, 4.69) is 4.99 Å². The second kappa shape index (κ2) is 8.60. The zero-order chi connectivity index (χ0) is 20.3. The Morgan fingerprint density at radius 1 is 1.14 bits per heavy atom. The van der Waals surface area contributed by atoms with E-state index in [-0.39, 0.29) is 5.91 Å². The van der Waals surface area contributed by atoms with Gasteiger partial charge in [-0.15, -0.1) is 11.3 Å². The van der Waals surface area contributed by atoms with Crippen LogP contribution in [0.4, 0.5) is 0 Å². The third-order valence-corrected chi connectivity index (χ3v) is 5.73. The van der Waals surface area contributed by atoms with Crippen molar-refractivity contribution in [2.45, 2.75) is 32.7 Å². The molecular weight excluding hydrogens is 378 g/mol. The van der Waals surface area contributed by atoms with E-state index in [0.717, 1.165) is 30.8 Å². The minimum absolute atomic E-state index is 0.0651. The Balaban J connectivity index is 1.92. The maximum Gasteiger partial charge on any atom is 0.279 e. The van der Waals surface area contributed by atoms with Gasteiger partial charge < -0.3 is 18.9 Å². The fourth-order valence-corrected chi connectivity index (χ4v) is 4.17. The molecule has 1 aliphatic rings. The highest BCUT2D eigenvalue weighted by Crippen LogP contribution is 2.27. The van der Waals surface area contributed by atoms with Gasteiger partial charge in [0.25, 0.3) is 5.91 Å². The van der Waals surface area contributed by atoms with Crippen molar-refractivity contribution >= 4 is 23.2 Å². The Hall–Kier alpha value is -2.61. The van der Waals surface area contributed by atoms with E-state index in [0.29, 0.717) is 21.9 Å². The van der Waals surface area contributed by atoms with E-state index in [1.807, 2.05) is 24.9 Å². The van der Waals surface area contributed by atoms with Gasteiger partial charge in [-0.25, -0.2) is 0 Å². The summed E-state index contributed by atoms with van der Waals surface area (Å²) in [5, 5.41) is 0. The fraction of sp³-hybridized carbons (Fsp3) is 0.450. The fourth-order valence-electron chi connectivity index (χ4n) is 3.27. The molecule has 2 amide bonds. The van der Waals surface area contributed by atoms with Crippen molar-refractivity contribution in [2.24, 2.45) is 4.99 Å². The zero-order valence-corrected chi connectivity index (χ0v) is 17.4. The van der Waals surface area contributed by atoms with Gasteiger partial charge in [0.1, 0.15) is 6.04 Å². The molecule has 2 aromatic rings. The van der Waals surface area contributed by atoms with Crippen molar-refractivity contribution in [3.05, 3.63) is 39.6 Å². The van der Waals surface area contributed by atoms with Crippen molar-refractivity contribution in [1.82, 2.24) is 9.47 Å². The molecule has 1 saturated heterocycles. The number of hydrogen-bond donors (Lipinski definition) is 0. The smallest absolute Gasteiger partial charge is 0.279 e. The summed E-state index contributed by atoms with van der Waals surface area (Å²) in [4.78, 5) is 33.2. The molecule has 1 atom stereocenters. The van der Waals surface area contributed by atoms with Crippen LogP contribution in [-0.4, -0.2) is 48.6 Å². The number of thiazole rings is 1. The summed E-state index contributed by atoms with van der Waals surface area (Å²) in [6, 6.07) is 4.53. The second-order valence-electron chi connectivity index (χ2n) is 6.73. The summed E-state index contributed by atoms with van der Waals surface area (Å²) in [5.41, 5.74) is 0.397. The molecule has 0 unspecified atom stereocenters. The van der Waals surface area contributed by atoms with Crippen LogP contribution in [0, 0.1) is 6.92 Å². The third-order valence-electron chi connectivity index (χ3n) is 4.81. The molecule has 1 aromatic carbocycles. The van der Waals surface area contributed by atoms with Crippen molar-refractivity contribution in [2.75, 3.05) is 27.3 Å². The zero-order valence-electron chi connectivity index (χ0n) is 16.6. The first-order chi connectivity index (χ1) is 13.4. The van der Waals surface area contributed by atoms with E-state index in [1.165, 1.54) is 18.4 Å². The molecule has 3 rings (SSSR count). The standard InChI is InChI=1S/C20H25N3O4S/c1-13-12-23(14(2)19(25)22-9-5-6-10-22)20(28-13)21-18(24)15-7-8-16(26-3)17(11-15)27-4/h7-8,11-12,14H,5-6,9-10H2,1-4H3/t14-/m0/s1. The molecule has 0 N–H and O–H groups in total. The predicted molar refractivity (Wildman–Crippen MR) is 107 cm³/mol. The SMILES string of the molecule is COc1ccc(C(=O)N=c2sc(C)cn2[C@@H](C)C(=O)N2CCCC2)cc1OC. The molecule has 0 saturated carbocycles. The topological polar surface area (TPSA) is 73.1 Å². The Morgan fingerprint density at radius 2 is 1.82 bits per heavy atom. The maximum absolute atomic E-state index is 12.8. The molecule has 1 aromatic heterocycles. The van der Waals surface area contributed by atoms with E-state index >= 15 is 0 Å². The molecule has 7 nitrogen and oxygen atoms in total. The van der Waals surface area contributed by atoms with Crippen molar-refractivity contribution < 1.29 is 19.1 Å². The molecule has 0 spiro atoms. The molecule has 2 heterocycles. The Labute approximate surface area is 168 Å². The number of carbonyl (C=O) groups is 2. The number of aromatic nitrogens is 1. The largest absolute Gasteiger partial charge is 0.493 e. The first-order valence-electron chi connectivity index (χ1n) is 9.23. The number of amides is 2. The molecule has 0 aliphatic carbocycles. The molecule has 1 aliphatic heterocycles. The lowest BCUT2D eigenvalue weighted by molar-refractivity contribution is -0.133. The average molecular weight is 404 g/mol. The minimum Gasteiger partial charge on any atom is -0.493 e. The van der Waals surface area contributed by atoms with Crippen LogP contribution in [-0.2, 0) is 4.79 Å². The van der Waals surface area contributed by atoms with Crippen LogP contribution in [0.5, 0.6) is 11.5 Å². The van der Waals surface area contributed by atoms with Crippen LogP contribution in [0.1, 0.15) is 41.0 Å². The van der Waals surface area contributed by atoms with Crippen molar-refractivity contribution in [3.63, 3.8) is 0 Å². The highest BCUT2D eigenvalue weighted by atomic mass is 32.1. The van der Waals surface area contributed by atoms with Crippen LogP contribution in [0.3, 0.4) is 0 Å². The van der Waals surface area contributed by atoms with E-state index in [1.54, 1.807) is 29.9 Å². The summed E-state index contributed by atoms with van der Waals surface area (Å²) in [5.74, 6) is 0.690. The highest BCUT2D eigenvalue weighted by molar-refractivity contribution is 7.09. The maximum atomic E-state index is 12.8. The second-order valence-corrected chi connectivity index (χ2v) is 7.94. The predicted octanol–water partition coefficient (Wildman–Crippen LogP) is 2.80. The van der Waals surface area contributed by atoms with Crippen LogP contribution in [0.15, 0.2) is 29.4 Å². The molecular formula is C20H25N3O4S. The third kappa shape index (κ3) is 4.11. The van der Waals surface area contributed by atoms with E-state index in [9.17, 15) is 9.59 Å². The van der Waals surface area contributed by atoms with Gasteiger partial charge >= 0.3 is 0 Å². The van der Waals surface area contributed by atoms with Crippen LogP contribution >= 0.6 is 11.3 Å². The van der Waals surface area contributed by atoms with Crippen molar-refractivity contribution in [1.29, 1.82) is 0 Å². The molecule has 0 bridgehead atoms. The lowest BCUT2D eigenvalue weighted by atomic mass is 10.2. The van der Waals surface area contributed by atoms with E-state index in [4.69, 9.17) is 9.47 Å². The Kier molecular flexibility index (Phi) is 6.18. The first-order valence-corrected chi connectivity index (χ1v) is 10.0. The number of nitrogens with zero attached hydrogens (tertiary/aromatic N) is 3. The number of benzene rings is 1. The molecule has 28 heavy (non-hydrogen) atoms. The van der Waals surface area contributed by atoms with Gasteiger partial charge in [0.05, 0.1) is 14.2 Å². The summed E-state index contributed by atoms with van der Waals surface area (Å²) in [7, 11) is 3.06. The molecule has 150 valence electrons. The van der Waals surface area contributed by atoms with Gasteiger partial charge in [-0.3, -0.25) is 9.59 Å². The van der Waals surface area contributed by atoms with Crippen LogP contribution < -0.4 is 14.3 Å². The van der Waals surface area contributed by atoms with Gasteiger partial charge in [-0.1, -0.05) is 0 Å². The lowest BCUT2D eigenvalue weighted by Gasteiger charge is -2.21. The lowest BCUT2D eigenvalue weighted by Crippen LogP contribution is -2.36. The van der Waals surface area contributed by atoms with Crippen LogP contribution in [0.2, 0.25) is 0 Å². The number of aryl methyl sites for hydroxylation is 1. The number of ether oxygens (including phenoxy) is 2. The number of rotatable bonds is 5. The Morgan fingerprint density at radius 3 is 2.46 bits per heavy atom. The quantitative estimate of drug-likeness (QED) is 0.770. The molecule has 1 fully saturated rings. The van der Waals surface area contributed by atoms with Gasteiger partial charge in [0.2, 0.25) is 5.91 Å². The number of hydrogen-bond acceptors (Lipinski definition) is 5.